The van der Waals surface area contributed by atoms with Crippen LogP contribution in [0.25, 0.3) is 0 Å². The van der Waals surface area contributed by atoms with E-state index in [0.29, 0.717) is 6.42 Å². The number of rotatable bonds is 7. The van der Waals surface area contributed by atoms with Crippen molar-refractivity contribution < 1.29 is 9.90 Å². The van der Waals surface area contributed by atoms with Crippen molar-refractivity contribution in [2.24, 2.45) is 5.92 Å². The molecule has 1 rings (SSSR count). The van der Waals surface area contributed by atoms with Crippen LogP contribution in [0, 0.1) is 5.92 Å². The summed E-state index contributed by atoms with van der Waals surface area (Å²) in [6, 6.07) is 8.30. The Morgan fingerprint density at radius 3 is 2.50 bits per heavy atom. The third-order valence-electron chi connectivity index (χ3n) is 3.06. The summed E-state index contributed by atoms with van der Waals surface area (Å²) in [7, 11) is 2.04. The van der Waals surface area contributed by atoms with Crippen molar-refractivity contribution in [1.82, 2.24) is 4.90 Å². The molecule has 0 spiro atoms. The summed E-state index contributed by atoms with van der Waals surface area (Å²) in [4.78, 5) is 12.9. The Balaban J connectivity index is 2.26. The molecule has 0 amide bonds. The van der Waals surface area contributed by atoms with Gasteiger partial charge in [0.25, 0.3) is 0 Å². The third-order valence-corrected chi connectivity index (χ3v) is 3.59. The molecule has 1 N–H and O–H groups in total. The predicted octanol–water partition coefficient (Wildman–Crippen LogP) is 3.03. The molecule has 0 saturated carbocycles. The number of carboxylic acids is 1. The molecule has 0 radical (unpaired) electrons. The number of nitrogens with zero attached hydrogens (tertiary/aromatic N) is 1. The zero-order chi connectivity index (χ0) is 13.5. The van der Waals surface area contributed by atoms with Gasteiger partial charge in [0.2, 0.25) is 0 Å². The van der Waals surface area contributed by atoms with E-state index in [2.05, 4.69) is 33.0 Å². The molecule has 0 aliphatic rings. The second-order valence-corrected chi connectivity index (χ2v) is 5.62. The molecule has 100 valence electrons. The molecule has 1 unspecified atom stereocenters. The summed E-state index contributed by atoms with van der Waals surface area (Å²) >= 11 is 3.41. The van der Waals surface area contributed by atoms with Crippen LogP contribution in [-0.2, 0) is 11.2 Å². The predicted molar refractivity (Wildman–Crippen MR) is 76.8 cm³/mol. The first-order valence-electron chi connectivity index (χ1n) is 6.15. The zero-order valence-electron chi connectivity index (χ0n) is 10.9. The Morgan fingerprint density at radius 2 is 1.94 bits per heavy atom. The highest BCUT2D eigenvalue weighted by atomic mass is 79.9. The van der Waals surface area contributed by atoms with Crippen LogP contribution in [0.2, 0.25) is 0 Å². The van der Waals surface area contributed by atoms with Crippen LogP contribution in [0.3, 0.4) is 0 Å². The van der Waals surface area contributed by atoms with Crippen molar-refractivity contribution in [3.05, 3.63) is 34.3 Å². The van der Waals surface area contributed by atoms with Crippen molar-refractivity contribution in [3.63, 3.8) is 0 Å². The lowest BCUT2D eigenvalue weighted by molar-refractivity contribution is -0.141. The maximum atomic E-state index is 10.7. The number of halogens is 1. The molecular weight excluding hydrogens is 294 g/mol. The highest BCUT2D eigenvalue weighted by molar-refractivity contribution is 9.10. The molecular formula is C14H20BrNO2. The molecule has 0 fully saturated rings. The molecule has 1 aromatic carbocycles. The largest absolute Gasteiger partial charge is 0.481 e. The van der Waals surface area contributed by atoms with Gasteiger partial charge in [0.1, 0.15) is 0 Å². The molecule has 3 nitrogen and oxygen atoms in total. The Bertz CT molecular complexity index is 378. The van der Waals surface area contributed by atoms with Crippen molar-refractivity contribution in [3.8, 4) is 0 Å². The topological polar surface area (TPSA) is 40.5 Å². The van der Waals surface area contributed by atoms with E-state index in [-0.39, 0.29) is 5.92 Å². The minimum atomic E-state index is -0.712. The smallest absolute Gasteiger partial charge is 0.306 e. The third kappa shape index (κ3) is 5.65. The minimum Gasteiger partial charge on any atom is -0.481 e. The van der Waals surface area contributed by atoms with E-state index in [1.807, 2.05) is 19.2 Å². The molecule has 0 heterocycles. The summed E-state index contributed by atoms with van der Waals surface area (Å²) in [5.41, 5.74) is 1.30. The van der Waals surface area contributed by atoms with Crippen LogP contribution in [0.5, 0.6) is 0 Å². The molecule has 1 aromatic rings. The summed E-state index contributed by atoms with van der Waals surface area (Å²) < 4.78 is 1.09. The van der Waals surface area contributed by atoms with Gasteiger partial charge in [0.05, 0.1) is 5.92 Å². The van der Waals surface area contributed by atoms with Crippen LogP contribution in [0.4, 0.5) is 0 Å². The fraction of sp³-hybridized carbons (Fsp3) is 0.500. The number of benzene rings is 1. The van der Waals surface area contributed by atoms with E-state index < -0.39 is 5.97 Å². The highest BCUT2D eigenvalue weighted by Crippen LogP contribution is 2.11. The van der Waals surface area contributed by atoms with Crippen LogP contribution in [-0.4, -0.2) is 36.1 Å². The average molecular weight is 314 g/mol. The van der Waals surface area contributed by atoms with Gasteiger partial charge in [-0.15, -0.1) is 0 Å². The van der Waals surface area contributed by atoms with E-state index in [0.717, 1.165) is 24.0 Å². The van der Waals surface area contributed by atoms with Crippen molar-refractivity contribution in [2.45, 2.75) is 19.8 Å². The molecule has 0 aliphatic carbocycles. The first kappa shape index (κ1) is 15.2. The van der Waals surface area contributed by atoms with Gasteiger partial charge in [-0.2, -0.15) is 0 Å². The first-order chi connectivity index (χ1) is 8.49. The fourth-order valence-electron chi connectivity index (χ4n) is 1.62. The van der Waals surface area contributed by atoms with Crippen LogP contribution >= 0.6 is 15.9 Å². The van der Waals surface area contributed by atoms with Crippen LogP contribution < -0.4 is 0 Å². The molecule has 4 heteroatoms. The molecule has 0 aliphatic heterocycles. The lowest BCUT2D eigenvalue weighted by Crippen LogP contribution is -2.25. The highest BCUT2D eigenvalue weighted by Gasteiger charge is 2.11. The van der Waals surface area contributed by atoms with Gasteiger partial charge in [-0.25, -0.2) is 0 Å². The van der Waals surface area contributed by atoms with Gasteiger partial charge in [-0.3, -0.25) is 4.79 Å². The molecule has 0 bridgehead atoms. The number of likely N-dealkylation sites (N-methyl/N-ethyl adjacent to an activating group) is 1. The van der Waals surface area contributed by atoms with E-state index in [1.165, 1.54) is 5.56 Å². The van der Waals surface area contributed by atoms with Crippen molar-refractivity contribution >= 4 is 21.9 Å². The fourth-order valence-corrected chi connectivity index (χ4v) is 1.88. The van der Waals surface area contributed by atoms with E-state index in [9.17, 15) is 4.79 Å². The average Bonchev–Trinajstić information content (AvgIpc) is 2.35. The number of aliphatic carboxylic acids is 1. The Hall–Kier alpha value is -0.870. The van der Waals surface area contributed by atoms with Gasteiger partial charge in [-0.05, 0) is 44.1 Å². The lowest BCUT2D eigenvalue weighted by Gasteiger charge is -2.17. The summed E-state index contributed by atoms with van der Waals surface area (Å²) in [6.45, 7) is 3.53. The standard InChI is InChI=1S/C14H20BrNO2/c1-11(14(17)18)7-9-16(2)10-8-12-3-5-13(15)6-4-12/h3-6,11H,7-10H2,1-2H3,(H,17,18). The van der Waals surface area contributed by atoms with Crippen molar-refractivity contribution in [1.29, 1.82) is 0 Å². The Labute approximate surface area is 117 Å². The van der Waals surface area contributed by atoms with E-state index in [1.54, 1.807) is 6.92 Å². The first-order valence-corrected chi connectivity index (χ1v) is 6.94. The van der Waals surface area contributed by atoms with Gasteiger partial charge >= 0.3 is 5.97 Å². The normalized spacial score (nSPS) is 12.7. The number of hydrogen-bond donors (Lipinski definition) is 1. The maximum absolute atomic E-state index is 10.7. The van der Waals surface area contributed by atoms with Gasteiger partial charge in [-0.1, -0.05) is 35.0 Å². The number of hydrogen-bond acceptors (Lipinski definition) is 2. The van der Waals surface area contributed by atoms with E-state index in [4.69, 9.17) is 5.11 Å². The van der Waals surface area contributed by atoms with Gasteiger partial charge in [0, 0.05) is 11.0 Å². The summed E-state index contributed by atoms with van der Waals surface area (Å²) in [5.74, 6) is -0.976. The monoisotopic (exact) mass is 313 g/mol. The van der Waals surface area contributed by atoms with Crippen molar-refractivity contribution in [2.75, 3.05) is 20.1 Å². The Morgan fingerprint density at radius 1 is 1.33 bits per heavy atom. The molecule has 1 atom stereocenters. The maximum Gasteiger partial charge on any atom is 0.306 e. The Kier molecular flexibility index (Phi) is 6.36. The summed E-state index contributed by atoms with van der Waals surface area (Å²) in [6.07, 6.45) is 1.69. The van der Waals surface area contributed by atoms with Gasteiger partial charge < -0.3 is 10.0 Å². The zero-order valence-corrected chi connectivity index (χ0v) is 12.5. The summed E-state index contributed by atoms with van der Waals surface area (Å²) in [5, 5.41) is 8.81. The van der Waals surface area contributed by atoms with E-state index >= 15 is 0 Å². The minimum absolute atomic E-state index is 0.264. The number of carboxylic acid groups (broad SMARTS) is 1. The molecule has 0 saturated heterocycles. The second-order valence-electron chi connectivity index (χ2n) is 4.71. The van der Waals surface area contributed by atoms with Crippen LogP contribution in [0.15, 0.2) is 28.7 Å². The quantitative estimate of drug-likeness (QED) is 0.841. The molecule has 18 heavy (non-hydrogen) atoms. The lowest BCUT2D eigenvalue weighted by atomic mass is 10.1. The number of carbonyl (C=O) groups is 1. The SMILES string of the molecule is CC(CCN(C)CCc1ccc(Br)cc1)C(=O)O. The van der Waals surface area contributed by atoms with Gasteiger partial charge in [0.15, 0.2) is 0 Å². The second kappa shape index (κ2) is 7.54. The molecule has 0 aromatic heterocycles. The van der Waals surface area contributed by atoms with Crippen LogP contribution in [0.1, 0.15) is 18.9 Å².